The van der Waals surface area contributed by atoms with Crippen molar-refractivity contribution in [3.8, 4) is 0 Å². The van der Waals surface area contributed by atoms with Gasteiger partial charge in [0, 0.05) is 12.7 Å². The number of anilines is 1. The molecular weight excluding hydrogens is 266 g/mol. The molecule has 6 rings (SSSR count). The lowest BCUT2D eigenvalue weighted by atomic mass is 9.75. The van der Waals surface area contributed by atoms with Crippen molar-refractivity contribution in [1.29, 1.82) is 0 Å². The maximum absolute atomic E-state index is 6.32. The van der Waals surface area contributed by atoms with E-state index in [0.717, 1.165) is 29.9 Å². The number of piperidine rings is 3. The minimum Gasteiger partial charge on any atom is -0.464 e. The third-order valence-corrected chi connectivity index (χ3v) is 5.45. The molecule has 2 aromatic rings. The fraction of sp³-hybridized carbons (Fsp3) is 0.562. The van der Waals surface area contributed by atoms with Crippen molar-refractivity contribution in [3.05, 3.63) is 24.6 Å². The van der Waals surface area contributed by atoms with Gasteiger partial charge in [-0.25, -0.2) is 4.98 Å². The van der Waals surface area contributed by atoms with Gasteiger partial charge in [-0.05, 0) is 44.0 Å². The number of aromatic nitrogens is 1. The van der Waals surface area contributed by atoms with E-state index in [2.05, 4.69) is 14.8 Å². The van der Waals surface area contributed by atoms with Gasteiger partial charge in [-0.1, -0.05) is 0 Å². The maximum atomic E-state index is 6.32. The molecule has 4 aliphatic rings. The number of hydrogen-bond acceptors (Lipinski definition) is 5. The Bertz CT molecular complexity index is 677. The van der Waals surface area contributed by atoms with E-state index in [1.165, 1.54) is 25.9 Å². The Balaban J connectivity index is 1.49. The van der Waals surface area contributed by atoms with Gasteiger partial charge >= 0.3 is 0 Å². The van der Waals surface area contributed by atoms with Gasteiger partial charge in [-0.15, -0.1) is 0 Å². The first-order chi connectivity index (χ1) is 10.3. The van der Waals surface area contributed by atoms with Crippen LogP contribution in [0.25, 0.3) is 11.0 Å². The number of pyridine rings is 1. The average molecular weight is 285 g/mol. The highest BCUT2D eigenvalue weighted by molar-refractivity contribution is 5.88. The van der Waals surface area contributed by atoms with Crippen LogP contribution in [0.2, 0.25) is 0 Å². The molecule has 4 fully saturated rings. The fourth-order valence-corrected chi connectivity index (χ4v) is 4.36. The summed E-state index contributed by atoms with van der Waals surface area (Å²) < 4.78 is 11.8. The average Bonchev–Trinajstić information content (AvgIpc) is 3.15. The number of rotatable bonds is 1. The summed E-state index contributed by atoms with van der Waals surface area (Å²) in [6, 6.07) is 3.92. The van der Waals surface area contributed by atoms with Gasteiger partial charge in [0.2, 0.25) is 0 Å². The third kappa shape index (κ3) is 1.67. The van der Waals surface area contributed by atoms with Crippen LogP contribution in [-0.2, 0) is 4.74 Å². The van der Waals surface area contributed by atoms with Gasteiger partial charge in [0.05, 0.1) is 18.2 Å². The Labute approximate surface area is 123 Å². The van der Waals surface area contributed by atoms with Gasteiger partial charge in [-0.3, -0.25) is 0 Å². The molecule has 0 aromatic carbocycles. The van der Waals surface area contributed by atoms with Crippen molar-refractivity contribution < 1.29 is 9.15 Å². The van der Waals surface area contributed by atoms with E-state index in [4.69, 9.17) is 9.15 Å². The maximum Gasteiger partial charge on any atom is 0.141 e. The number of nitrogens with zero attached hydrogens (tertiary/aromatic N) is 3. The Morgan fingerprint density at radius 2 is 2.10 bits per heavy atom. The van der Waals surface area contributed by atoms with Gasteiger partial charge in [0.15, 0.2) is 0 Å². The van der Waals surface area contributed by atoms with Gasteiger partial charge < -0.3 is 19.0 Å². The first-order valence-electron chi connectivity index (χ1n) is 7.78. The molecule has 6 heterocycles. The zero-order chi connectivity index (χ0) is 13.9. The largest absolute Gasteiger partial charge is 0.464 e. The molecule has 5 heteroatoms. The normalized spacial score (nSPS) is 35.1. The predicted octanol–water partition coefficient (Wildman–Crippen LogP) is 2.09. The Hall–Kier alpha value is -1.59. The van der Waals surface area contributed by atoms with Crippen molar-refractivity contribution in [2.75, 3.05) is 37.8 Å². The van der Waals surface area contributed by atoms with E-state index >= 15 is 0 Å². The molecule has 0 aliphatic carbocycles. The lowest BCUT2D eigenvalue weighted by molar-refractivity contribution is -0.116. The molecule has 0 radical (unpaired) electrons. The SMILES string of the molecule is c1cc2occc2c(N2CO[C@]3(CN4CCC3CC4)C2)n1. The van der Waals surface area contributed by atoms with Crippen LogP contribution in [0.5, 0.6) is 0 Å². The lowest BCUT2D eigenvalue weighted by Gasteiger charge is -2.50. The molecule has 0 N–H and O–H groups in total. The smallest absolute Gasteiger partial charge is 0.141 e. The molecule has 4 aliphatic heterocycles. The Morgan fingerprint density at radius 1 is 1.19 bits per heavy atom. The second kappa shape index (κ2) is 4.21. The molecule has 1 atom stereocenters. The standard InChI is InChI=1S/C16H19N3O2/c1-5-17-15(13-4-8-20-14(1)13)19-10-16(21-11-19)9-18-6-2-12(16)3-7-18/h1,4-5,8,12H,2-3,6-7,9-11H2/t16-/m1/s1. The zero-order valence-corrected chi connectivity index (χ0v) is 12.0. The van der Waals surface area contributed by atoms with E-state index in [9.17, 15) is 0 Å². The molecular formula is C16H19N3O2. The molecule has 2 aromatic heterocycles. The molecule has 4 saturated heterocycles. The van der Waals surface area contributed by atoms with Crippen molar-refractivity contribution in [2.45, 2.75) is 18.4 Å². The highest BCUT2D eigenvalue weighted by Gasteiger charge is 2.52. The molecule has 0 amide bonds. The second-order valence-corrected chi connectivity index (χ2v) is 6.55. The van der Waals surface area contributed by atoms with E-state index in [1.54, 1.807) is 6.26 Å². The van der Waals surface area contributed by atoms with Gasteiger partial charge in [-0.2, -0.15) is 0 Å². The molecule has 5 nitrogen and oxygen atoms in total. The van der Waals surface area contributed by atoms with Crippen molar-refractivity contribution >= 4 is 16.8 Å². The van der Waals surface area contributed by atoms with E-state index < -0.39 is 0 Å². The minimum absolute atomic E-state index is 0.0179. The van der Waals surface area contributed by atoms with Crippen molar-refractivity contribution in [2.24, 2.45) is 5.92 Å². The topological polar surface area (TPSA) is 41.7 Å². The van der Waals surface area contributed by atoms with Gasteiger partial charge in [0.1, 0.15) is 23.7 Å². The van der Waals surface area contributed by atoms with Crippen LogP contribution in [0.15, 0.2) is 29.0 Å². The summed E-state index contributed by atoms with van der Waals surface area (Å²) in [7, 11) is 0. The number of hydrogen-bond donors (Lipinski definition) is 0. The number of fused-ring (bicyclic) bond motifs is 3. The Kier molecular flexibility index (Phi) is 2.41. The van der Waals surface area contributed by atoms with Crippen LogP contribution in [0.1, 0.15) is 12.8 Å². The number of furan rings is 1. The third-order valence-electron chi connectivity index (χ3n) is 5.45. The summed E-state index contributed by atoms with van der Waals surface area (Å²) in [6.07, 6.45) is 6.11. The molecule has 0 unspecified atom stereocenters. The van der Waals surface area contributed by atoms with E-state index in [0.29, 0.717) is 12.6 Å². The van der Waals surface area contributed by atoms with E-state index in [-0.39, 0.29) is 5.60 Å². The fourth-order valence-electron chi connectivity index (χ4n) is 4.36. The van der Waals surface area contributed by atoms with Crippen molar-refractivity contribution in [1.82, 2.24) is 9.88 Å². The predicted molar refractivity (Wildman–Crippen MR) is 79.2 cm³/mol. The summed E-state index contributed by atoms with van der Waals surface area (Å²) >= 11 is 0. The molecule has 2 bridgehead atoms. The summed E-state index contributed by atoms with van der Waals surface area (Å²) in [5.41, 5.74) is 0.916. The van der Waals surface area contributed by atoms with E-state index in [1.807, 2.05) is 18.3 Å². The van der Waals surface area contributed by atoms with Crippen LogP contribution in [0, 0.1) is 5.92 Å². The van der Waals surface area contributed by atoms with Crippen LogP contribution < -0.4 is 4.90 Å². The van der Waals surface area contributed by atoms with Crippen LogP contribution in [0.3, 0.4) is 0 Å². The highest BCUT2D eigenvalue weighted by Crippen LogP contribution is 2.43. The summed E-state index contributed by atoms with van der Waals surface area (Å²) in [4.78, 5) is 9.40. The van der Waals surface area contributed by atoms with Crippen LogP contribution in [-0.4, -0.2) is 48.4 Å². The molecule has 110 valence electrons. The number of ether oxygens (including phenoxy) is 1. The van der Waals surface area contributed by atoms with Crippen LogP contribution >= 0.6 is 0 Å². The van der Waals surface area contributed by atoms with Crippen LogP contribution in [0.4, 0.5) is 5.82 Å². The van der Waals surface area contributed by atoms with Gasteiger partial charge in [0.25, 0.3) is 0 Å². The summed E-state index contributed by atoms with van der Waals surface area (Å²) in [5, 5.41) is 1.08. The lowest BCUT2D eigenvalue weighted by Crippen LogP contribution is -2.61. The summed E-state index contributed by atoms with van der Waals surface area (Å²) in [5.74, 6) is 1.70. The molecule has 21 heavy (non-hydrogen) atoms. The first-order valence-corrected chi connectivity index (χ1v) is 7.78. The minimum atomic E-state index is 0.0179. The second-order valence-electron chi connectivity index (χ2n) is 6.55. The zero-order valence-electron chi connectivity index (χ0n) is 12.0. The highest BCUT2D eigenvalue weighted by atomic mass is 16.5. The quantitative estimate of drug-likeness (QED) is 0.802. The van der Waals surface area contributed by atoms with Crippen molar-refractivity contribution in [3.63, 3.8) is 0 Å². The summed E-state index contributed by atoms with van der Waals surface area (Å²) in [6.45, 7) is 5.15. The first kappa shape index (κ1) is 12.0. The molecule has 0 saturated carbocycles. The molecule has 1 spiro atoms. The monoisotopic (exact) mass is 285 g/mol. The Morgan fingerprint density at radius 3 is 2.90 bits per heavy atom.